The molecule has 0 fully saturated rings. The SMILES string of the molecule is CCNCCCC(C)N(C)C(C)c1ccc(Cl)cc1. The fourth-order valence-corrected chi connectivity index (χ4v) is 2.39. The van der Waals surface area contributed by atoms with Gasteiger partial charge in [0.2, 0.25) is 0 Å². The third-order valence-electron chi connectivity index (χ3n) is 3.88. The van der Waals surface area contributed by atoms with Crippen LogP contribution in [-0.2, 0) is 0 Å². The number of halogens is 1. The highest BCUT2D eigenvalue weighted by molar-refractivity contribution is 6.30. The van der Waals surface area contributed by atoms with Gasteiger partial charge < -0.3 is 5.32 Å². The van der Waals surface area contributed by atoms with Gasteiger partial charge in [0.25, 0.3) is 0 Å². The summed E-state index contributed by atoms with van der Waals surface area (Å²) in [5, 5.41) is 4.18. The number of hydrogen-bond donors (Lipinski definition) is 1. The summed E-state index contributed by atoms with van der Waals surface area (Å²) in [7, 11) is 2.21. The topological polar surface area (TPSA) is 15.3 Å². The Bertz CT molecular complexity index is 350. The Kier molecular flexibility index (Phi) is 7.44. The second-order valence-electron chi connectivity index (χ2n) is 5.24. The van der Waals surface area contributed by atoms with Crippen molar-refractivity contribution >= 4 is 11.6 Å². The van der Waals surface area contributed by atoms with E-state index in [1.807, 2.05) is 12.1 Å². The molecule has 1 aromatic carbocycles. The molecule has 2 nitrogen and oxygen atoms in total. The van der Waals surface area contributed by atoms with Gasteiger partial charge in [0, 0.05) is 17.1 Å². The predicted octanol–water partition coefficient (Wildman–Crippen LogP) is 4.11. The maximum atomic E-state index is 5.94. The Morgan fingerprint density at radius 3 is 2.42 bits per heavy atom. The third kappa shape index (κ3) is 5.52. The highest BCUT2D eigenvalue weighted by Crippen LogP contribution is 2.23. The van der Waals surface area contributed by atoms with E-state index in [4.69, 9.17) is 11.6 Å². The summed E-state index contributed by atoms with van der Waals surface area (Å²) in [5.41, 5.74) is 1.32. The first-order valence-electron chi connectivity index (χ1n) is 7.24. The first-order chi connectivity index (χ1) is 9.06. The van der Waals surface area contributed by atoms with E-state index in [2.05, 4.69) is 50.2 Å². The van der Waals surface area contributed by atoms with Gasteiger partial charge in [0.15, 0.2) is 0 Å². The molecule has 3 heteroatoms. The average molecular weight is 283 g/mol. The molecule has 1 aromatic rings. The van der Waals surface area contributed by atoms with E-state index in [1.54, 1.807) is 0 Å². The molecule has 19 heavy (non-hydrogen) atoms. The van der Waals surface area contributed by atoms with Crippen molar-refractivity contribution in [3.05, 3.63) is 34.9 Å². The van der Waals surface area contributed by atoms with Crippen LogP contribution in [0.5, 0.6) is 0 Å². The quantitative estimate of drug-likeness (QED) is 0.722. The van der Waals surface area contributed by atoms with Gasteiger partial charge in [-0.3, -0.25) is 4.90 Å². The Balaban J connectivity index is 2.46. The predicted molar refractivity (Wildman–Crippen MR) is 84.9 cm³/mol. The minimum Gasteiger partial charge on any atom is -0.317 e. The molecule has 0 aliphatic heterocycles. The number of nitrogens with one attached hydrogen (secondary N) is 1. The number of nitrogens with zero attached hydrogens (tertiary/aromatic N) is 1. The van der Waals surface area contributed by atoms with Gasteiger partial charge in [0.1, 0.15) is 0 Å². The smallest absolute Gasteiger partial charge is 0.0406 e. The average Bonchev–Trinajstić information content (AvgIpc) is 2.42. The normalized spacial score (nSPS) is 14.6. The molecule has 2 unspecified atom stereocenters. The lowest BCUT2D eigenvalue weighted by atomic mass is 10.0. The van der Waals surface area contributed by atoms with Crippen molar-refractivity contribution in [2.24, 2.45) is 0 Å². The number of rotatable bonds is 8. The molecule has 0 saturated heterocycles. The minimum atomic E-state index is 0.423. The van der Waals surface area contributed by atoms with Crippen LogP contribution in [0.3, 0.4) is 0 Å². The minimum absolute atomic E-state index is 0.423. The first kappa shape index (κ1) is 16.5. The Labute approximate surface area is 123 Å². The standard InChI is InChI=1S/C16H27ClN2/c1-5-18-12-6-7-13(2)19(4)14(3)15-8-10-16(17)11-9-15/h8-11,13-14,18H,5-7,12H2,1-4H3. The molecule has 0 bridgehead atoms. The molecule has 0 heterocycles. The van der Waals surface area contributed by atoms with Crippen LogP contribution in [0.1, 0.15) is 45.2 Å². The molecule has 0 amide bonds. The molecular formula is C16H27ClN2. The summed E-state index contributed by atoms with van der Waals surface area (Å²) in [4.78, 5) is 2.44. The van der Waals surface area contributed by atoms with Crippen LogP contribution >= 0.6 is 11.6 Å². The van der Waals surface area contributed by atoms with Crippen LogP contribution in [0.15, 0.2) is 24.3 Å². The highest BCUT2D eigenvalue weighted by Gasteiger charge is 2.16. The molecule has 0 saturated carbocycles. The molecule has 0 aliphatic rings. The summed E-state index contributed by atoms with van der Waals surface area (Å²) in [6.07, 6.45) is 2.45. The Morgan fingerprint density at radius 2 is 1.84 bits per heavy atom. The van der Waals surface area contributed by atoms with E-state index in [1.165, 1.54) is 18.4 Å². The molecule has 0 aliphatic carbocycles. The number of benzene rings is 1. The molecule has 1 N–H and O–H groups in total. The molecule has 2 atom stereocenters. The maximum Gasteiger partial charge on any atom is 0.0406 e. The van der Waals surface area contributed by atoms with Crippen molar-refractivity contribution in [1.82, 2.24) is 10.2 Å². The summed E-state index contributed by atoms with van der Waals surface area (Å²) in [6.45, 7) is 8.88. The molecule has 108 valence electrons. The van der Waals surface area contributed by atoms with Crippen LogP contribution in [0.2, 0.25) is 5.02 Å². The van der Waals surface area contributed by atoms with E-state index >= 15 is 0 Å². The second-order valence-corrected chi connectivity index (χ2v) is 5.67. The molecule has 0 spiro atoms. The van der Waals surface area contributed by atoms with Gasteiger partial charge in [-0.2, -0.15) is 0 Å². The van der Waals surface area contributed by atoms with Crippen LogP contribution in [0.4, 0.5) is 0 Å². The first-order valence-corrected chi connectivity index (χ1v) is 7.62. The van der Waals surface area contributed by atoms with Crippen LogP contribution in [0, 0.1) is 0 Å². The summed E-state index contributed by atoms with van der Waals surface area (Å²) < 4.78 is 0. The van der Waals surface area contributed by atoms with Crippen molar-refractivity contribution in [3.8, 4) is 0 Å². The van der Waals surface area contributed by atoms with E-state index in [0.717, 1.165) is 18.1 Å². The van der Waals surface area contributed by atoms with Crippen molar-refractivity contribution in [2.45, 2.75) is 45.7 Å². The third-order valence-corrected chi connectivity index (χ3v) is 4.14. The lowest BCUT2D eigenvalue weighted by Crippen LogP contribution is -2.32. The second kappa shape index (κ2) is 8.57. The highest BCUT2D eigenvalue weighted by atomic mass is 35.5. The molecule has 1 rings (SSSR count). The zero-order valence-corrected chi connectivity index (χ0v) is 13.4. The Hall–Kier alpha value is -0.570. The zero-order chi connectivity index (χ0) is 14.3. The summed E-state index contributed by atoms with van der Waals surface area (Å²) in [6, 6.07) is 9.19. The van der Waals surface area contributed by atoms with E-state index in [-0.39, 0.29) is 0 Å². The van der Waals surface area contributed by atoms with Crippen molar-refractivity contribution in [3.63, 3.8) is 0 Å². The molecule has 0 aromatic heterocycles. The lowest BCUT2D eigenvalue weighted by molar-refractivity contribution is 0.186. The van der Waals surface area contributed by atoms with Gasteiger partial charge in [-0.15, -0.1) is 0 Å². The fourth-order valence-electron chi connectivity index (χ4n) is 2.26. The fraction of sp³-hybridized carbons (Fsp3) is 0.625. The maximum absolute atomic E-state index is 5.94. The van der Waals surface area contributed by atoms with Crippen molar-refractivity contribution < 1.29 is 0 Å². The monoisotopic (exact) mass is 282 g/mol. The zero-order valence-electron chi connectivity index (χ0n) is 12.6. The van der Waals surface area contributed by atoms with Crippen LogP contribution in [0.25, 0.3) is 0 Å². The summed E-state index contributed by atoms with van der Waals surface area (Å²) >= 11 is 5.94. The van der Waals surface area contributed by atoms with E-state index < -0.39 is 0 Å². The van der Waals surface area contributed by atoms with Gasteiger partial charge in [-0.1, -0.05) is 30.7 Å². The van der Waals surface area contributed by atoms with E-state index in [9.17, 15) is 0 Å². The number of hydrogen-bond acceptors (Lipinski definition) is 2. The van der Waals surface area contributed by atoms with Crippen LogP contribution < -0.4 is 5.32 Å². The van der Waals surface area contributed by atoms with Gasteiger partial charge in [-0.25, -0.2) is 0 Å². The molecular weight excluding hydrogens is 256 g/mol. The largest absolute Gasteiger partial charge is 0.317 e. The van der Waals surface area contributed by atoms with Gasteiger partial charge >= 0.3 is 0 Å². The van der Waals surface area contributed by atoms with Gasteiger partial charge in [0.05, 0.1) is 0 Å². The van der Waals surface area contributed by atoms with Crippen molar-refractivity contribution in [1.29, 1.82) is 0 Å². The van der Waals surface area contributed by atoms with Gasteiger partial charge in [-0.05, 0) is 64.5 Å². The lowest BCUT2D eigenvalue weighted by Gasteiger charge is -2.31. The Morgan fingerprint density at radius 1 is 1.21 bits per heavy atom. The van der Waals surface area contributed by atoms with Crippen molar-refractivity contribution in [2.75, 3.05) is 20.1 Å². The van der Waals surface area contributed by atoms with Crippen LogP contribution in [-0.4, -0.2) is 31.1 Å². The summed E-state index contributed by atoms with van der Waals surface area (Å²) in [5.74, 6) is 0. The molecule has 0 radical (unpaired) electrons. The van der Waals surface area contributed by atoms with E-state index in [0.29, 0.717) is 12.1 Å².